The molecule has 15 heavy (non-hydrogen) atoms. The van der Waals surface area contributed by atoms with Gasteiger partial charge in [0, 0.05) is 12.6 Å². The van der Waals surface area contributed by atoms with Crippen LogP contribution in [0.15, 0.2) is 30.3 Å². The van der Waals surface area contributed by atoms with Crippen LogP contribution in [0.25, 0.3) is 0 Å². The van der Waals surface area contributed by atoms with E-state index in [1.807, 2.05) is 37.2 Å². The largest absolute Gasteiger partial charge is 0.435 e. The molecule has 0 aliphatic carbocycles. The summed E-state index contributed by atoms with van der Waals surface area (Å²) in [6.07, 6.45) is 0.0393. The molecule has 79 valence electrons. The van der Waals surface area contributed by atoms with Gasteiger partial charge in [0.25, 0.3) is 7.48 Å². The molecule has 1 aliphatic rings. The standard InChI is InChI=1S/C11H16BN2O/c1-12-15-11(9-7-14-9)10(13)8-5-3-2-4-6-8/h2-6,9-11,14H,7,13H2,1H3/t9?,10-,11+/m1/s1. The van der Waals surface area contributed by atoms with Crippen molar-refractivity contribution in [2.24, 2.45) is 5.73 Å². The lowest BCUT2D eigenvalue weighted by Gasteiger charge is -2.23. The van der Waals surface area contributed by atoms with Crippen molar-refractivity contribution >= 4 is 7.48 Å². The predicted octanol–water partition coefficient (Wildman–Crippen LogP) is 0.711. The molecular formula is C11H16BN2O. The minimum atomic E-state index is -0.0672. The Kier molecular flexibility index (Phi) is 3.41. The number of nitrogens with two attached hydrogens (primary N) is 1. The fourth-order valence-electron chi connectivity index (χ4n) is 1.75. The summed E-state index contributed by atoms with van der Waals surface area (Å²) in [5, 5.41) is 3.24. The summed E-state index contributed by atoms with van der Waals surface area (Å²) in [5.74, 6) is 0. The molecule has 2 rings (SSSR count). The van der Waals surface area contributed by atoms with E-state index in [0.717, 1.165) is 12.1 Å². The highest BCUT2D eigenvalue weighted by molar-refractivity contribution is 6.24. The average molecular weight is 203 g/mol. The van der Waals surface area contributed by atoms with Crippen molar-refractivity contribution in [3.8, 4) is 0 Å². The first-order valence-electron chi connectivity index (χ1n) is 5.30. The summed E-state index contributed by atoms with van der Waals surface area (Å²) in [6, 6.07) is 10.4. The van der Waals surface area contributed by atoms with Crippen LogP contribution in [0, 0.1) is 0 Å². The van der Waals surface area contributed by atoms with E-state index in [2.05, 4.69) is 5.32 Å². The lowest BCUT2D eigenvalue weighted by molar-refractivity contribution is 0.179. The van der Waals surface area contributed by atoms with Crippen LogP contribution in [0.4, 0.5) is 0 Å². The third-order valence-electron chi connectivity index (χ3n) is 2.67. The summed E-state index contributed by atoms with van der Waals surface area (Å²) in [5.41, 5.74) is 7.30. The number of rotatable bonds is 5. The molecule has 4 heteroatoms. The van der Waals surface area contributed by atoms with E-state index < -0.39 is 0 Å². The van der Waals surface area contributed by atoms with E-state index in [1.54, 1.807) is 7.48 Å². The monoisotopic (exact) mass is 203 g/mol. The van der Waals surface area contributed by atoms with Gasteiger partial charge in [0.05, 0.1) is 12.1 Å². The van der Waals surface area contributed by atoms with Gasteiger partial charge in [-0.3, -0.25) is 0 Å². The van der Waals surface area contributed by atoms with Crippen molar-refractivity contribution in [2.75, 3.05) is 6.54 Å². The fraction of sp³-hybridized carbons (Fsp3) is 0.455. The van der Waals surface area contributed by atoms with Crippen LogP contribution in [0.1, 0.15) is 11.6 Å². The fourth-order valence-corrected chi connectivity index (χ4v) is 1.75. The van der Waals surface area contributed by atoms with E-state index >= 15 is 0 Å². The van der Waals surface area contributed by atoms with E-state index in [-0.39, 0.29) is 12.1 Å². The molecule has 3 nitrogen and oxygen atoms in total. The molecule has 1 unspecified atom stereocenters. The zero-order chi connectivity index (χ0) is 10.7. The molecule has 1 saturated heterocycles. The van der Waals surface area contributed by atoms with E-state index in [1.165, 1.54) is 0 Å². The van der Waals surface area contributed by atoms with Gasteiger partial charge in [0.2, 0.25) is 0 Å². The Labute approximate surface area is 91.3 Å². The molecule has 1 aromatic carbocycles. The van der Waals surface area contributed by atoms with Gasteiger partial charge in [-0.2, -0.15) is 0 Å². The number of hydrogen-bond donors (Lipinski definition) is 2. The number of hydrogen-bond acceptors (Lipinski definition) is 3. The Morgan fingerprint density at radius 3 is 2.67 bits per heavy atom. The van der Waals surface area contributed by atoms with E-state index in [4.69, 9.17) is 10.4 Å². The highest BCUT2D eigenvalue weighted by Gasteiger charge is 2.35. The van der Waals surface area contributed by atoms with Gasteiger partial charge < -0.3 is 15.7 Å². The minimum absolute atomic E-state index is 0.0393. The third kappa shape index (κ3) is 2.59. The smallest absolute Gasteiger partial charge is 0.289 e. The summed E-state index contributed by atoms with van der Waals surface area (Å²) in [6.45, 7) is 2.88. The summed E-state index contributed by atoms with van der Waals surface area (Å²) in [7, 11) is 1.72. The van der Waals surface area contributed by atoms with Gasteiger partial charge in [-0.05, 0) is 5.56 Å². The van der Waals surface area contributed by atoms with Gasteiger partial charge in [-0.1, -0.05) is 37.2 Å². The lowest BCUT2D eigenvalue weighted by Crippen LogP contribution is -2.35. The normalized spacial score (nSPS) is 23.2. The zero-order valence-corrected chi connectivity index (χ0v) is 8.89. The second kappa shape index (κ2) is 4.79. The molecule has 3 atom stereocenters. The summed E-state index contributed by atoms with van der Waals surface area (Å²) < 4.78 is 5.57. The molecule has 1 radical (unpaired) electrons. The average Bonchev–Trinajstić information content (AvgIpc) is 3.10. The van der Waals surface area contributed by atoms with Crippen LogP contribution < -0.4 is 11.1 Å². The second-order valence-corrected chi connectivity index (χ2v) is 3.79. The van der Waals surface area contributed by atoms with E-state index in [0.29, 0.717) is 6.04 Å². The SMILES string of the molecule is C[B]O[C@@H](C1CN1)[C@H](N)c1ccccc1. The van der Waals surface area contributed by atoms with Gasteiger partial charge >= 0.3 is 0 Å². The van der Waals surface area contributed by atoms with Crippen molar-refractivity contribution < 1.29 is 4.65 Å². The maximum atomic E-state index is 6.18. The quantitative estimate of drug-likeness (QED) is 0.547. The molecule has 0 spiro atoms. The number of nitrogens with one attached hydrogen (secondary N) is 1. The van der Waals surface area contributed by atoms with E-state index in [9.17, 15) is 0 Å². The molecule has 0 saturated carbocycles. The molecule has 0 bridgehead atoms. The Bertz CT molecular complexity index is 303. The Morgan fingerprint density at radius 1 is 1.47 bits per heavy atom. The van der Waals surface area contributed by atoms with Crippen molar-refractivity contribution in [3.63, 3.8) is 0 Å². The van der Waals surface area contributed by atoms with Gasteiger partial charge in [0.1, 0.15) is 0 Å². The van der Waals surface area contributed by atoms with Crippen molar-refractivity contribution in [3.05, 3.63) is 35.9 Å². The van der Waals surface area contributed by atoms with Crippen LogP contribution >= 0.6 is 0 Å². The molecule has 0 amide bonds. The molecule has 1 heterocycles. The number of benzene rings is 1. The third-order valence-corrected chi connectivity index (χ3v) is 2.67. The van der Waals surface area contributed by atoms with Gasteiger partial charge in [-0.15, -0.1) is 0 Å². The Hall–Kier alpha value is -0.835. The highest BCUT2D eigenvalue weighted by atomic mass is 16.4. The molecule has 1 fully saturated rings. The minimum Gasteiger partial charge on any atom is -0.435 e. The molecule has 3 N–H and O–H groups in total. The molecule has 1 aliphatic heterocycles. The van der Waals surface area contributed by atoms with Crippen LogP contribution in [-0.4, -0.2) is 26.2 Å². The maximum Gasteiger partial charge on any atom is 0.289 e. The first-order chi connectivity index (χ1) is 7.33. The van der Waals surface area contributed by atoms with Crippen LogP contribution in [0.2, 0.25) is 6.82 Å². The maximum absolute atomic E-state index is 6.18. The zero-order valence-electron chi connectivity index (χ0n) is 8.89. The van der Waals surface area contributed by atoms with Crippen LogP contribution in [0.3, 0.4) is 0 Å². The highest BCUT2D eigenvalue weighted by Crippen LogP contribution is 2.22. The Balaban J connectivity index is 2.07. The van der Waals surface area contributed by atoms with Crippen molar-refractivity contribution in [1.29, 1.82) is 0 Å². The predicted molar refractivity (Wildman–Crippen MR) is 61.7 cm³/mol. The van der Waals surface area contributed by atoms with Gasteiger partial charge in [0.15, 0.2) is 0 Å². The molecule has 0 aromatic heterocycles. The topological polar surface area (TPSA) is 57.2 Å². The van der Waals surface area contributed by atoms with Crippen LogP contribution in [-0.2, 0) is 4.65 Å². The first-order valence-corrected chi connectivity index (χ1v) is 5.30. The second-order valence-electron chi connectivity index (χ2n) is 3.79. The first kappa shape index (κ1) is 10.7. The van der Waals surface area contributed by atoms with Gasteiger partial charge in [-0.25, -0.2) is 0 Å². The molecular weight excluding hydrogens is 187 g/mol. The summed E-state index contributed by atoms with van der Waals surface area (Å²) >= 11 is 0. The van der Waals surface area contributed by atoms with Crippen LogP contribution in [0.5, 0.6) is 0 Å². The Morgan fingerprint density at radius 2 is 2.13 bits per heavy atom. The molecule has 1 aromatic rings. The van der Waals surface area contributed by atoms with Crippen molar-refractivity contribution in [2.45, 2.75) is 25.0 Å². The lowest BCUT2D eigenvalue weighted by atomic mass is 9.97. The van der Waals surface area contributed by atoms with Crippen molar-refractivity contribution in [1.82, 2.24) is 5.32 Å². The summed E-state index contributed by atoms with van der Waals surface area (Å²) in [4.78, 5) is 0.